The van der Waals surface area contributed by atoms with Crippen molar-refractivity contribution in [2.75, 3.05) is 6.61 Å². The van der Waals surface area contributed by atoms with Crippen molar-refractivity contribution in [2.45, 2.75) is 32.3 Å². The van der Waals surface area contributed by atoms with Gasteiger partial charge in [0.05, 0.1) is 11.6 Å². The van der Waals surface area contributed by atoms with Crippen molar-refractivity contribution < 1.29 is 4.74 Å². The van der Waals surface area contributed by atoms with Gasteiger partial charge in [-0.25, -0.2) is 4.98 Å². The Kier molecular flexibility index (Phi) is 3.88. The van der Waals surface area contributed by atoms with Gasteiger partial charge in [-0.1, -0.05) is 0 Å². The zero-order valence-corrected chi connectivity index (χ0v) is 9.89. The highest BCUT2D eigenvalue weighted by Crippen LogP contribution is 2.20. The highest BCUT2D eigenvalue weighted by atomic mass is 35.5. The molecule has 1 N–H and O–H groups in total. The first kappa shape index (κ1) is 12.2. The number of ether oxygens (including phenoxy) is 1. The molecule has 0 spiro atoms. The number of rotatable bonds is 4. The lowest BCUT2D eigenvalue weighted by molar-refractivity contribution is -0.0211. The summed E-state index contributed by atoms with van der Waals surface area (Å²) in [5.74, 6) is 0.728. The van der Waals surface area contributed by atoms with E-state index >= 15 is 0 Å². The summed E-state index contributed by atoms with van der Waals surface area (Å²) in [6, 6.07) is 1.39. The Morgan fingerprint density at radius 3 is 2.80 bits per heavy atom. The van der Waals surface area contributed by atoms with Crippen LogP contribution in [0, 0.1) is 0 Å². The van der Waals surface area contributed by atoms with Crippen LogP contribution in [0.3, 0.4) is 0 Å². The molecule has 5 heteroatoms. The number of nitrogens with one attached hydrogen (secondary N) is 1. The van der Waals surface area contributed by atoms with E-state index in [0.717, 1.165) is 0 Å². The number of hydrogen-bond donors (Lipinski definition) is 1. The van der Waals surface area contributed by atoms with Crippen LogP contribution in [0.25, 0.3) is 0 Å². The van der Waals surface area contributed by atoms with E-state index in [0.29, 0.717) is 18.1 Å². The molecule has 0 radical (unpaired) electrons. The molecule has 0 atom stereocenters. The van der Waals surface area contributed by atoms with Crippen molar-refractivity contribution in [1.82, 2.24) is 9.97 Å². The van der Waals surface area contributed by atoms with E-state index in [2.05, 4.69) is 9.97 Å². The molecule has 0 saturated heterocycles. The van der Waals surface area contributed by atoms with Gasteiger partial charge in [-0.15, -0.1) is 11.6 Å². The molecule has 4 nitrogen and oxygen atoms in total. The maximum absolute atomic E-state index is 11.3. The standard InChI is InChI=1S/C10H15ClN2O2/c1-4-15-10(2,3)9-12-7(6-11)5-8(14)13-9/h5H,4,6H2,1-3H3,(H,12,13,14). The molecule has 0 saturated carbocycles. The first-order valence-corrected chi connectivity index (χ1v) is 5.33. The number of halogens is 1. The quantitative estimate of drug-likeness (QED) is 0.803. The molecule has 84 valence electrons. The van der Waals surface area contributed by atoms with Gasteiger partial charge in [0.1, 0.15) is 11.4 Å². The zero-order valence-electron chi connectivity index (χ0n) is 9.13. The normalized spacial score (nSPS) is 11.7. The van der Waals surface area contributed by atoms with Crippen molar-refractivity contribution in [1.29, 1.82) is 0 Å². The van der Waals surface area contributed by atoms with E-state index in [9.17, 15) is 4.79 Å². The van der Waals surface area contributed by atoms with Crippen LogP contribution in [0.15, 0.2) is 10.9 Å². The second-order valence-electron chi connectivity index (χ2n) is 3.66. The van der Waals surface area contributed by atoms with Crippen molar-refractivity contribution in [3.05, 3.63) is 27.9 Å². The van der Waals surface area contributed by atoms with Crippen LogP contribution in [0.4, 0.5) is 0 Å². The van der Waals surface area contributed by atoms with Gasteiger partial charge >= 0.3 is 0 Å². The van der Waals surface area contributed by atoms with Crippen LogP contribution >= 0.6 is 11.6 Å². The number of H-pyrrole nitrogens is 1. The van der Waals surface area contributed by atoms with Crippen LogP contribution < -0.4 is 5.56 Å². The van der Waals surface area contributed by atoms with Gasteiger partial charge in [0.15, 0.2) is 0 Å². The lowest BCUT2D eigenvalue weighted by Crippen LogP contribution is -2.28. The molecule has 1 rings (SSSR count). The molecule has 0 amide bonds. The lowest BCUT2D eigenvalue weighted by atomic mass is 10.1. The summed E-state index contributed by atoms with van der Waals surface area (Å²) in [6.45, 7) is 6.16. The Bertz CT molecular complexity index is 387. The van der Waals surface area contributed by atoms with Crippen LogP contribution in [0.5, 0.6) is 0 Å². The average Bonchev–Trinajstić information content (AvgIpc) is 2.16. The molecular weight excluding hydrogens is 216 g/mol. The van der Waals surface area contributed by atoms with Crippen LogP contribution in [0.2, 0.25) is 0 Å². The monoisotopic (exact) mass is 230 g/mol. The minimum absolute atomic E-state index is 0.205. The first-order chi connectivity index (χ1) is 6.99. The molecule has 0 fully saturated rings. The first-order valence-electron chi connectivity index (χ1n) is 4.80. The van der Waals surface area contributed by atoms with Gasteiger partial charge in [-0.2, -0.15) is 0 Å². The van der Waals surface area contributed by atoms with E-state index in [1.807, 2.05) is 20.8 Å². The number of aromatic amines is 1. The molecule has 1 heterocycles. The maximum Gasteiger partial charge on any atom is 0.251 e. The Morgan fingerprint density at radius 1 is 1.60 bits per heavy atom. The minimum Gasteiger partial charge on any atom is -0.368 e. The third kappa shape index (κ3) is 3.04. The molecule has 0 bridgehead atoms. The van der Waals surface area contributed by atoms with Gasteiger partial charge in [0.25, 0.3) is 5.56 Å². The van der Waals surface area contributed by atoms with Gasteiger partial charge in [-0.05, 0) is 20.8 Å². The fourth-order valence-corrected chi connectivity index (χ4v) is 1.43. The number of alkyl halides is 1. The van der Waals surface area contributed by atoms with Gasteiger partial charge < -0.3 is 9.72 Å². The Balaban J connectivity index is 3.13. The molecular formula is C10H15ClN2O2. The highest BCUT2D eigenvalue weighted by Gasteiger charge is 2.23. The third-order valence-electron chi connectivity index (χ3n) is 2.01. The van der Waals surface area contributed by atoms with E-state index in [4.69, 9.17) is 16.3 Å². The largest absolute Gasteiger partial charge is 0.368 e. The highest BCUT2D eigenvalue weighted by molar-refractivity contribution is 6.16. The average molecular weight is 231 g/mol. The number of nitrogens with zero attached hydrogens (tertiary/aromatic N) is 1. The maximum atomic E-state index is 11.3. The van der Waals surface area contributed by atoms with E-state index < -0.39 is 5.60 Å². The fourth-order valence-electron chi connectivity index (χ4n) is 1.29. The molecule has 0 unspecified atom stereocenters. The summed E-state index contributed by atoms with van der Waals surface area (Å²) in [6.07, 6.45) is 0. The van der Waals surface area contributed by atoms with Crippen molar-refractivity contribution >= 4 is 11.6 Å². The van der Waals surface area contributed by atoms with Crippen molar-refractivity contribution in [2.24, 2.45) is 0 Å². The van der Waals surface area contributed by atoms with E-state index in [-0.39, 0.29) is 11.4 Å². The van der Waals surface area contributed by atoms with Crippen LogP contribution in [0.1, 0.15) is 32.3 Å². The second kappa shape index (κ2) is 4.77. The van der Waals surface area contributed by atoms with E-state index in [1.165, 1.54) is 6.07 Å². The van der Waals surface area contributed by atoms with Gasteiger partial charge in [0.2, 0.25) is 0 Å². The Morgan fingerprint density at radius 2 is 2.27 bits per heavy atom. The summed E-state index contributed by atoms with van der Waals surface area (Å²) >= 11 is 5.64. The van der Waals surface area contributed by atoms with Crippen LogP contribution in [-0.4, -0.2) is 16.6 Å². The second-order valence-corrected chi connectivity index (χ2v) is 3.93. The van der Waals surface area contributed by atoms with Crippen LogP contribution in [-0.2, 0) is 16.2 Å². The smallest absolute Gasteiger partial charge is 0.251 e. The topological polar surface area (TPSA) is 55.0 Å². The summed E-state index contributed by atoms with van der Waals surface area (Å²) in [4.78, 5) is 18.2. The number of aromatic nitrogens is 2. The summed E-state index contributed by atoms with van der Waals surface area (Å²) in [7, 11) is 0. The molecule has 1 aromatic rings. The molecule has 0 aliphatic carbocycles. The molecule has 0 aromatic carbocycles. The SMILES string of the molecule is CCOC(C)(C)c1nc(CCl)cc(=O)[nH]1. The summed E-state index contributed by atoms with van der Waals surface area (Å²) in [5.41, 5.74) is -0.248. The van der Waals surface area contributed by atoms with Gasteiger partial charge in [-0.3, -0.25) is 4.79 Å². The predicted molar refractivity (Wildman–Crippen MR) is 59.1 cm³/mol. The summed E-state index contributed by atoms with van der Waals surface area (Å²) < 4.78 is 5.49. The number of hydrogen-bond acceptors (Lipinski definition) is 3. The molecule has 0 aliphatic rings. The van der Waals surface area contributed by atoms with Gasteiger partial charge in [0, 0.05) is 12.7 Å². The minimum atomic E-state index is -0.601. The van der Waals surface area contributed by atoms with Crippen molar-refractivity contribution in [3.8, 4) is 0 Å². The molecule has 0 aliphatic heterocycles. The predicted octanol–water partition coefficient (Wildman–Crippen LogP) is 1.78. The summed E-state index contributed by atoms with van der Waals surface area (Å²) in [5, 5.41) is 0. The molecule has 1 aromatic heterocycles. The third-order valence-corrected chi connectivity index (χ3v) is 2.28. The fraction of sp³-hybridized carbons (Fsp3) is 0.600. The Labute approximate surface area is 93.6 Å². The molecule has 15 heavy (non-hydrogen) atoms. The lowest BCUT2D eigenvalue weighted by Gasteiger charge is -2.23. The zero-order chi connectivity index (χ0) is 11.5. The van der Waals surface area contributed by atoms with Crippen molar-refractivity contribution in [3.63, 3.8) is 0 Å². The van der Waals surface area contributed by atoms with E-state index in [1.54, 1.807) is 0 Å². The Hall–Kier alpha value is -0.870.